The second-order valence-corrected chi connectivity index (χ2v) is 6.91. The third-order valence-electron chi connectivity index (χ3n) is 4.04. The van der Waals surface area contributed by atoms with Crippen molar-refractivity contribution in [1.82, 2.24) is 14.9 Å². The highest BCUT2D eigenvalue weighted by Gasteiger charge is 2.43. The summed E-state index contributed by atoms with van der Waals surface area (Å²) < 4.78 is 5.49. The van der Waals surface area contributed by atoms with E-state index in [9.17, 15) is 9.90 Å². The summed E-state index contributed by atoms with van der Waals surface area (Å²) in [6, 6.07) is 0.319. The molecule has 0 spiro atoms. The highest BCUT2D eigenvalue weighted by molar-refractivity contribution is 5.69. The molecule has 3 aliphatic heterocycles. The lowest BCUT2D eigenvalue weighted by Crippen LogP contribution is -2.64. The summed E-state index contributed by atoms with van der Waals surface area (Å²) in [6.07, 6.45) is 4.53. The Morgan fingerprint density at radius 2 is 1.86 bits per heavy atom. The third kappa shape index (κ3) is 2.93. The van der Waals surface area contributed by atoms with Gasteiger partial charge in [0.1, 0.15) is 5.60 Å². The predicted octanol–water partition coefficient (Wildman–Crippen LogP) is 1.77. The highest BCUT2D eigenvalue weighted by atomic mass is 16.6. The largest absolute Gasteiger partial charge is 0.505 e. The molecular weight excluding hydrogens is 284 g/mol. The number of piperazine rings is 1. The van der Waals surface area contributed by atoms with Gasteiger partial charge < -0.3 is 19.6 Å². The maximum Gasteiger partial charge on any atom is 0.410 e. The van der Waals surface area contributed by atoms with E-state index in [-0.39, 0.29) is 23.9 Å². The maximum absolute atomic E-state index is 12.3. The Bertz CT molecular complexity index is 555. The Labute approximate surface area is 129 Å². The van der Waals surface area contributed by atoms with Gasteiger partial charge in [-0.2, -0.15) is 0 Å². The zero-order chi connectivity index (χ0) is 15.9. The van der Waals surface area contributed by atoms with Crippen molar-refractivity contribution in [2.45, 2.75) is 51.3 Å². The number of ether oxygens (including phenoxy) is 1. The Morgan fingerprint density at radius 3 is 2.41 bits per heavy atom. The molecule has 3 aliphatic rings. The Hall–Kier alpha value is -2.05. The number of aromatic hydroxyl groups is 1. The van der Waals surface area contributed by atoms with Gasteiger partial charge in [0.15, 0.2) is 5.75 Å². The molecular formula is C15H22N4O3. The lowest BCUT2D eigenvalue weighted by Gasteiger charge is -2.51. The van der Waals surface area contributed by atoms with Crippen molar-refractivity contribution in [1.29, 1.82) is 0 Å². The van der Waals surface area contributed by atoms with Crippen LogP contribution in [0.4, 0.5) is 10.7 Å². The van der Waals surface area contributed by atoms with Gasteiger partial charge in [-0.25, -0.2) is 14.8 Å². The van der Waals surface area contributed by atoms with Gasteiger partial charge in [-0.15, -0.1) is 0 Å². The summed E-state index contributed by atoms with van der Waals surface area (Å²) in [5.41, 5.74) is -0.479. The van der Waals surface area contributed by atoms with E-state index in [1.165, 1.54) is 12.4 Å². The minimum absolute atomic E-state index is 0.0568. The van der Waals surface area contributed by atoms with Crippen molar-refractivity contribution < 1.29 is 14.6 Å². The summed E-state index contributed by atoms with van der Waals surface area (Å²) in [7, 11) is 0. The van der Waals surface area contributed by atoms with Crippen molar-refractivity contribution in [2.24, 2.45) is 0 Å². The van der Waals surface area contributed by atoms with Crippen LogP contribution >= 0.6 is 0 Å². The summed E-state index contributed by atoms with van der Waals surface area (Å²) in [5, 5.41) is 9.30. The number of rotatable bonds is 1. The number of carbonyl (C=O) groups is 1. The second kappa shape index (κ2) is 5.30. The van der Waals surface area contributed by atoms with Gasteiger partial charge in [-0.1, -0.05) is 0 Å². The van der Waals surface area contributed by atoms with Crippen LogP contribution in [0.1, 0.15) is 33.6 Å². The quantitative estimate of drug-likeness (QED) is 0.852. The first-order valence-electron chi connectivity index (χ1n) is 7.61. The normalized spacial score (nSPS) is 24.5. The van der Waals surface area contributed by atoms with Gasteiger partial charge in [0.05, 0.1) is 18.4 Å². The van der Waals surface area contributed by atoms with Crippen LogP contribution in [0, 0.1) is 0 Å². The number of amides is 1. The Kier molecular flexibility index (Phi) is 3.58. The molecule has 3 fully saturated rings. The summed E-state index contributed by atoms with van der Waals surface area (Å²) in [5.74, 6) is 0.664. The molecule has 22 heavy (non-hydrogen) atoms. The molecule has 1 amide bonds. The molecule has 1 aromatic heterocycles. The molecule has 4 heterocycles. The van der Waals surface area contributed by atoms with E-state index in [0.29, 0.717) is 19.0 Å². The summed E-state index contributed by atoms with van der Waals surface area (Å²) >= 11 is 0. The number of carbonyl (C=O) groups excluding carboxylic acids is 1. The average molecular weight is 306 g/mol. The molecule has 0 saturated carbocycles. The Morgan fingerprint density at radius 1 is 1.23 bits per heavy atom. The summed E-state index contributed by atoms with van der Waals surface area (Å²) in [6.45, 7) is 6.97. The van der Waals surface area contributed by atoms with Gasteiger partial charge in [0, 0.05) is 19.1 Å². The van der Waals surface area contributed by atoms with Crippen LogP contribution in [0.3, 0.4) is 0 Å². The number of aromatic nitrogens is 2. The lowest BCUT2D eigenvalue weighted by molar-refractivity contribution is 0.000678. The van der Waals surface area contributed by atoms with Crippen molar-refractivity contribution in [3.63, 3.8) is 0 Å². The van der Waals surface area contributed by atoms with Gasteiger partial charge in [0.2, 0.25) is 5.95 Å². The number of fused-ring (bicyclic) bond motifs is 3. The van der Waals surface area contributed by atoms with Gasteiger partial charge >= 0.3 is 6.09 Å². The number of nitrogens with zero attached hydrogens (tertiary/aromatic N) is 4. The molecule has 7 heteroatoms. The molecule has 0 radical (unpaired) electrons. The first-order chi connectivity index (χ1) is 10.3. The van der Waals surface area contributed by atoms with E-state index in [1.54, 1.807) is 0 Å². The minimum Gasteiger partial charge on any atom is -0.505 e. The van der Waals surface area contributed by atoms with Gasteiger partial charge in [-0.3, -0.25) is 0 Å². The van der Waals surface area contributed by atoms with E-state index in [4.69, 9.17) is 4.74 Å². The first kappa shape index (κ1) is 14.9. The van der Waals surface area contributed by atoms with Crippen molar-refractivity contribution in [2.75, 3.05) is 18.0 Å². The van der Waals surface area contributed by atoms with Gasteiger partial charge in [0.25, 0.3) is 0 Å². The maximum atomic E-state index is 12.3. The molecule has 1 N–H and O–H groups in total. The summed E-state index contributed by atoms with van der Waals surface area (Å²) in [4.78, 5) is 24.6. The first-order valence-corrected chi connectivity index (χ1v) is 7.61. The lowest BCUT2D eigenvalue weighted by atomic mass is 9.91. The molecule has 3 saturated heterocycles. The SMILES string of the molecule is CC(C)(C)OC(=O)N1C[C@H]2CC[C@@H]1CN2c1ncc(O)cn1. The van der Waals surface area contributed by atoms with E-state index in [2.05, 4.69) is 14.9 Å². The van der Waals surface area contributed by atoms with Gasteiger partial charge in [-0.05, 0) is 33.6 Å². The number of hydrogen-bond donors (Lipinski definition) is 1. The van der Waals surface area contributed by atoms with Crippen molar-refractivity contribution in [3.8, 4) is 5.75 Å². The number of anilines is 1. The fourth-order valence-electron chi connectivity index (χ4n) is 3.08. The van der Waals surface area contributed by atoms with Crippen molar-refractivity contribution >= 4 is 12.0 Å². The fraction of sp³-hybridized carbons (Fsp3) is 0.667. The van der Waals surface area contributed by atoms with E-state index in [0.717, 1.165) is 12.8 Å². The molecule has 2 bridgehead atoms. The molecule has 0 aliphatic carbocycles. The number of hydrogen-bond acceptors (Lipinski definition) is 6. The van der Waals surface area contributed by atoms with Crippen LogP contribution < -0.4 is 4.90 Å². The monoisotopic (exact) mass is 306 g/mol. The molecule has 7 nitrogen and oxygen atoms in total. The molecule has 0 aromatic carbocycles. The standard InChI is InChI=1S/C15H22N4O3/c1-15(2,3)22-14(21)19-9-10-4-5-11(19)8-18(10)13-16-6-12(20)7-17-13/h6-7,10-11,20H,4-5,8-9H2,1-3H3/t10-,11-/m1/s1. The highest BCUT2D eigenvalue weighted by Crippen LogP contribution is 2.32. The molecule has 120 valence electrons. The molecule has 1 aromatic rings. The van der Waals surface area contributed by atoms with E-state index in [1.807, 2.05) is 25.7 Å². The predicted molar refractivity (Wildman–Crippen MR) is 80.8 cm³/mol. The number of piperidine rings is 2. The van der Waals surface area contributed by atoms with Crippen LogP contribution in [0.2, 0.25) is 0 Å². The molecule has 0 unspecified atom stereocenters. The van der Waals surface area contributed by atoms with Crippen LogP contribution in [0.5, 0.6) is 5.75 Å². The second-order valence-electron chi connectivity index (χ2n) is 6.91. The molecule has 4 rings (SSSR count). The van der Waals surface area contributed by atoms with Crippen molar-refractivity contribution in [3.05, 3.63) is 12.4 Å². The topological polar surface area (TPSA) is 78.8 Å². The molecule has 2 atom stereocenters. The Balaban J connectivity index is 1.71. The average Bonchev–Trinajstić information content (AvgIpc) is 2.46. The smallest absolute Gasteiger partial charge is 0.410 e. The fourth-order valence-corrected chi connectivity index (χ4v) is 3.08. The zero-order valence-corrected chi connectivity index (χ0v) is 13.2. The van der Waals surface area contributed by atoms with Crippen LogP contribution in [-0.2, 0) is 4.74 Å². The van der Waals surface area contributed by atoms with Crippen LogP contribution in [0.15, 0.2) is 12.4 Å². The van der Waals surface area contributed by atoms with Crippen LogP contribution in [-0.4, -0.2) is 56.8 Å². The minimum atomic E-state index is -0.479. The van der Waals surface area contributed by atoms with E-state index < -0.39 is 5.60 Å². The van der Waals surface area contributed by atoms with E-state index >= 15 is 0 Å². The zero-order valence-electron chi connectivity index (χ0n) is 13.2. The third-order valence-corrected chi connectivity index (χ3v) is 4.04. The van der Waals surface area contributed by atoms with Crippen LogP contribution in [0.25, 0.3) is 0 Å².